The van der Waals surface area contributed by atoms with Crippen LogP contribution in [0.1, 0.15) is 18.9 Å². The molecule has 1 amide bonds. The smallest absolute Gasteiger partial charge is 0.240 e. The van der Waals surface area contributed by atoms with Crippen LogP contribution in [0.25, 0.3) is 0 Å². The molecule has 2 rings (SSSR count). The second-order valence-electron chi connectivity index (χ2n) is 5.04. The second kappa shape index (κ2) is 7.07. The minimum Gasteiger partial charge on any atom is -0.380 e. The molecule has 20 heavy (non-hydrogen) atoms. The van der Waals surface area contributed by atoms with E-state index in [0.717, 1.165) is 18.5 Å². The molecule has 2 unspecified atom stereocenters. The molecule has 5 heteroatoms. The van der Waals surface area contributed by atoms with Crippen LogP contribution in [0.5, 0.6) is 0 Å². The van der Waals surface area contributed by atoms with Crippen LogP contribution in [-0.2, 0) is 16.1 Å². The summed E-state index contributed by atoms with van der Waals surface area (Å²) in [6.45, 7) is 4.00. The van der Waals surface area contributed by atoms with E-state index in [1.54, 1.807) is 7.11 Å². The Labute approximate surface area is 125 Å². The van der Waals surface area contributed by atoms with Crippen LogP contribution in [0.2, 0.25) is 5.02 Å². The van der Waals surface area contributed by atoms with Crippen molar-refractivity contribution in [3.63, 3.8) is 0 Å². The number of amides is 1. The molecule has 1 aliphatic rings. The molecule has 1 aromatic carbocycles. The highest BCUT2D eigenvalue weighted by Crippen LogP contribution is 2.16. The van der Waals surface area contributed by atoms with Gasteiger partial charge in [-0.1, -0.05) is 23.7 Å². The van der Waals surface area contributed by atoms with E-state index >= 15 is 0 Å². The molecule has 4 nitrogen and oxygen atoms in total. The summed E-state index contributed by atoms with van der Waals surface area (Å²) in [6.07, 6.45) is 0.871. The van der Waals surface area contributed by atoms with E-state index in [2.05, 4.69) is 5.32 Å². The van der Waals surface area contributed by atoms with Crippen LogP contribution in [-0.4, -0.2) is 43.2 Å². The molecule has 0 aromatic heterocycles. The van der Waals surface area contributed by atoms with Crippen molar-refractivity contribution in [1.29, 1.82) is 0 Å². The Hall–Kier alpha value is -1.10. The van der Waals surface area contributed by atoms with Crippen LogP contribution in [0, 0.1) is 0 Å². The number of nitrogens with zero attached hydrogens (tertiary/aromatic N) is 1. The van der Waals surface area contributed by atoms with E-state index in [4.69, 9.17) is 16.3 Å². The van der Waals surface area contributed by atoms with Gasteiger partial charge in [0.2, 0.25) is 5.91 Å². The zero-order chi connectivity index (χ0) is 14.5. The van der Waals surface area contributed by atoms with Gasteiger partial charge >= 0.3 is 0 Å². The lowest BCUT2D eigenvalue weighted by Gasteiger charge is -2.24. The number of halogens is 1. The summed E-state index contributed by atoms with van der Waals surface area (Å²) in [5.74, 6) is 0.132. The Morgan fingerprint density at radius 2 is 2.35 bits per heavy atom. The summed E-state index contributed by atoms with van der Waals surface area (Å²) in [5, 5.41) is 3.93. The fourth-order valence-corrected chi connectivity index (χ4v) is 2.71. The molecule has 0 aliphatic carbocycles. The first-order chi connectivity index (χ1) is 9.63. The van der Waals surface area contributed by atoms with Crippen molar-refractivity contribution >= 4 is 17.5 Å². The van der Waals surface area contributed by atoms with Crippen LogP contribution in [0.4, 0.5) is 0 Å². The third-order valence-electron chi connectivity index (χ3n) is 3.68. The molecule has 1 N–H and O–H groups in total. The lowest BCUT2D eigenvalue weighted by molar-refractivity contribution is -0.133. The topological polar surface area (TPSA) is 41.6 Å². The molecule has 0 bridgehead atoms. The maximum atomic E-state index is 12.5. The molecule has 1 heterocycles. The average Bonchev–Trinajstić information content (AvgIpc) is 2.93. The van der Waals surface area contributed by atoms with Crippen molar-refractivity contribution < 1.29 is 9.53 Å². The number of benzene rings is 1. The van der Waals surface area contributed by atoms with E-state index in [1.165, 1.54) is 0 Å². The summed E-state index contributed by atoms with van der Waals surface area (Å²) in [7, 11) is 1.68. The standard InChI is InChI=1S/C15H21ClN2O2/c1-3-18(10-11-5-4-6-12(16)7-11)15(19)14-8-13(20-2)9-17-14/h4-7,13-14,17H,3,8-10H2,1-2H3. The summed E-state index contributed by atoms with van der Waals surface area (Å²) >= 11 is 5.98. The van der Waals surface area contributed by atoms with Gasteiger partial charge < -0.3 is 15.0 Å². The molecule has 0 spiro atoms. The molecular formula is C15H21ClN2O2. The van der Waals surface area contributed by atoms with Crippen molar-refractivity contribution in [3.8, 4) is 0 Å². The first-order valence-electron chi connectivity index (χ1n) is 6.93. The van der Waals surface area contributed by atoms with Gasteiger partial charge in [-0.15, -0.1) is 0 Å². The van der Waals surface area contributed by atoms with Gasteiger partial charge in [0.25, 0.3) is 0 Å². The minimum absolute atomic E-state index is 0.132. The fourth-order valence-electron chi connectivity index (χ4n) is 2.49. The van der Waals surface area contributed by atoms with Gasteiger partial charge in [-0.05, 0) is 31.0 Å². The molecule has 0 radical (unpaired) electrons. The van der Waals surface area contributed by atoms with E-state index in [1.807, 2.05) is 36.1 Å². The van der Waals surface area contributed by atoms with Crippen molar-refractivity contribution in [2.45, 2.75) is 32.0 Å². The Morgan fingerprint density at radius 3 is 2.95 bits per heavy atom. The van der Waals surface area contributed by atoms with Crippen LogP contribution >= 0.6 is 11.6 Å². The van der Waals surface area contributed by atoms with Crippen LogP contribution in [0.15, 0.2) is 24.3 Å². The highest BCUT2D eigenvalue weighted by molar-refractivity contribution is 6.30. The number of methoxy groups -OCH3 is 1. The number of ether oxygens (including phenoxy) is 1. The van der Waals surface area contributed by atoms with Crippen molar-refractivity contribution in [2.75, 3.05) is 20.2 Å². The van der Waals surface area contributed by atoms with Crippen LogP contribution < -0.4 is 5.32 Å². The molecule has 0 saturated carbocycles. The van der Waals surface area contributed by atoms with Crippen molar-refractivity contribution in [1.82, 2.24) is 10.2 Å². The number of likely N-dealkylation sites (N-methyl/N-ethyl adjacent to an activating group) is 1. The molecule has 1 saturated heterocycles. The maximum Gasteiger partial charge on any atom is 0.240 e. The lowest BCUT2D eigenvalue weighted by Crippen LogP contribution is -2.43. The van der Waals surface area contributed by atoms with Gasteiger partial charge in [0, 0.05) is 31.8 Å². The largest absolute Gasteiger partial charge is 0.380 e. The Balaban J connectivity index is 1.99. The Morgan fingerprint density at radius 1 is 1.55 bits per heavy atom. The first-order valence-corrected chi connectivity index (χ1v) is 7.31. The average molecular weight is 297 g/mol. The highest BCUT2D eigenvalue weighted by atomic mass is 35.5. The Kier molecular flexibility index (Phi) is 5.40. The number of rotatable bonds is 5. The monoisotopic (exact) mass is 296 g/mol. The Bertz CT molecular complexity index is 467. The number of nitrogens with one attached hydrogen (secondary N) is 1. The summed E-state index contributed by atoms with van der Waals surface area (Å²) in [6, 6.07) is 7.49. The molecule has 1 aromatic rings. The quantitative estimate of drug-likeness (QED) is 0.904. The molecule has 1 fully saturated rings. The first kappa shape index (κ1) is 15.3. The van der Waals surface area contributed by atoms with Crippen molar-refractivity contribution in [2.24, 2.45) is 0 Å². The molecule has 2 atom stereocenters. The van der Waals surface area contributed by atoms with Crippen molar-refractivity contribution in [3.05, 3.63) is 34.9 Å². The SMILES string of the molecule is CCN(Cc1cccc(Cl)c1)C(=O)C1CC(OC)CN1. The van der Waals surface area contributed by atoms with E-state index in [9.17, 15) is 4.79 Å². The summed E-state index contributed by atoms with van der Waals surface area (Å²) < 4.78 is 5.29. The fraction of sp³-hybridized carbons (Fsp3) is 0.533. The third kappa shape index (κ3) is 3.72. The molecule has 1 aliphatic heterocycles. The zero-order valence-corrected chi connectivity index (χ0v) is 12.7. The van der Waals surface area contributed by atoms with Gasteiger partial charge in [0.05, 0.1) is 12.1 Å². The number of carbonyl (C=O) groups is 1. The third-order valence-corrected chi connectivity index (χ3v) is 3.91. The summed E-state index contributed by atoms with van der Waals surface area (Å²) in [4.78, 5) is 14.4. The van der Waals surface area contributed by atoms with Crippen LogP contribution in [0.3, 0.4) is 0 Å². The molecule has 110 valence electrons. The van der Waals surface area contributed by atoms with Gasteiger partial charge in [0.1, 0.15) is 0 Å². The highest BCUT2D eigenvalue weighted by Gasteiger charge is 2.31. The minimum atomic E-state index is -0.140. The lowest BCUT2D eigenvalue weighted by atomic mass is 10.1. The van der Waals surface area contributed by atoms with Gasteiger partial charge in [0.15, 0.2) is 0 Å². The van der Waals surface area contributed by atoms with E-state index in [-0.39, 0.29) is 18.1 Å². The predicted octanol–water partition coefficient (Wildman–Crippen LogP) is 2.07. The second-order valence-corrected chi connectivity index (χ2v) is 5.47. The number of hydrogen-bond acceptors (Lipinski definition) is 3. The van der Waals surface area contributed by atoms with Gasteiger partial charge in [-0.2, -0.15) is 0 Å². The summed E-state index contributed by atoms with van der Waals surface area (Å²) in [5.41, 5.74) is 1.05. The maximum absolute atomic E-state index is 12.5. The zero-order valence-electron chi connectivity index (χ0n) is 11.9. The van der Waals surface area contributed by atoms with Gasteiger partial charge in [-0.25, -0.2) is 0 Å². The van der Waals surface area contributed by atoms with E-state index < -0.39 is 0 Å². The van der Waals surface area contributed by atoms with Gasteiger partial charge in [-0.3, -0.25) is 4.79 Å². The molecular weight excluding hydrogens is 276 g/mol. The van der Waals surface area contributed by atoms with E-state index in [0.29, 0.717) is 18.1 Å². The normalized spacial score (nSPS) is 21.9. The predicted molar refractivity (Wildman–Crippen MR) is 79.7 cm³/mol. The number of carbonyl (C=O) groups excluding carboxylic acids is 1. The number of hydrogen-bond donors (Lipinski definition) is 1.